The van der Waals surface area contributed by atoms with Crippen molar-refractivity contribution in [2.24, 2.45) is 0 Å². The summed E-state index contributed by atoms with van der Waals surface area (Å²) < 4.78 is 27.7. The number of aliphatic hydroxyl groups excluding tert-OH is 1. The maximum absolute atomic E-state index is 12.2. The summed E-state index contributed by atoms with van der Waals surface area (Å²) in [5.41, 5.74) is 0.583. The van der Waals surface area contributed by atoms with E-state index in [1.807, 2.05) is 0 Å². The second kappa shape index (κ2) is 5.92. The average Bonchev–Trinajstić information content (AvgIpc) is 2.81. The molecule has 1 atom stereocenters. The van der Waals surface area contributed by atoms with Crippen molar-refractivity contribution in [2.75, 3.05) is 11.5 Å². The van der Waals surface area contributed by atoms with Crippen molar-refractivity contribution in [2.45, 2.75) is 24.0 Å². The van der Waals surface area contributed by atoms with Crippen LogP contribution in [0.15, 0.2) is 27.6 Å². The number of hydrogen-bond donors (Lipinski definition) is 2. The van der Waals surface area contributed by atoms with Crippen molar-refractivity contribution in [1.82, 2.24) is 4.72 Å². The lowest BCUT2D eigenvalue weighted by molar-refractivity contribution is 0.281. The zero-order valence-corrected chi connectivity index (χ0v) is 12.8. The Labute approximate surface area is 119 Å². The number of hydrogen-bond acceptors (Lipinski definition) is 4. The third kappa shape index (κ3) is 3.27. The monoisotopic (exact) mass is 351 g/mol. The first-order chi connectivity index (χ1) is 8.53. The van der Waals surface area contributed by atoms with E-state index in [4.69, 9.17) is 5.11 Å². The summed E-state index contributed by atoms with van der Waals surface area (Å²) >= 11 is 4.99. The molecule has 0 bridgehead atoms. The largest absolute Gasteiger partial charge is 0.392 e. The topological polar surface area (TPSA) is 66.4 Å². The summed E-state index contributed by atoms with van der Waals surface area (Å²) in [6.45, 7) is -0.172. The van der Waals surface area contributed by atoms with Crippen LogP contribution in [0.1, 0.15) is 12.0 Å². The molecule has 0 aromatic heterocycles. The lowest BCUT2D eigenvalue weighted by Gasteiger charge is -2.13. The molecular formula is C11H14BrNO3S2. The second-order valence-electron chi connectivity index (χ2n) is 4.10. The van der Waals surface area contributed by atoms with Gasteiger partial charge in [0.05, 0.1) is 11.5 Å². The molecule has 1 aromatic rings. The van der Waals surface area contributed by atoms with Gasteiger partial charge in [0.25, 0.3) is 0 Å². The fourth-order valence-electron chi connectivity index (χ4n) is 1.76. The highest BCUT2D eigenvalue weighted by atomic mass is 79.9. The molecule has 18 heavy (non-hydrogen) atoms. The Kier molecular flexibility index (Phi) is 4.71. The van der Waals surface area contributed by atoms with Crippen LogP contribution in [0.5, 0.6) is 0 Å². The number of nitrogens with one attached hydrogen (secondary N) is 1. The molecule has 0 spiro atoms. The Balaban J connectivity index is 2.27. The van der Waals surface area contributed by atoms with Gasteiger partial charge in [0.15, 0.2) is 0 Å². The molecule has 2 rings (SSSR count). The molecule has 7 heteroatoms. The summed E-state index contributed by atoms with van der Waals surface area (Å²) in [6.07, 6.45) is 0.862. The maximum atomic E-state index is 12.2. The van der Waals surface area contributed by atoms with Crippen LogP contribution >= 0.6 is 27.7 Å². The standard InChI is InChI=1S/C11H14BrNO3S2/c12-10-2-1-8(6-14)5-11(10)18(15,16)13-9-3-4-17-7-9/h1-2,5,9,13-14H,3-4,6-7H2. The highest BCUT2D eigenvalue weighted by Gasteiger charge is 2.25. The molecule has 4 nitrogen and oxygen atoms in total. The Morgan fingerprint density at radius 3 is 2.89 bits per heavy atom. The molecule has 0 radical (unpaired) electrons. The maximum Gasteiger partial charge on any atom is 0.241 e. The van der Waals surface area contributed by atoms with E-state index < -0.39 is 10.0 Å². The molecule has 1 aliphatic heterocycles. The molecule has 1 unspecified atom stereocenters. The number of rotatable bonds is 4. The van der Waals surface area contributed by atoms with E-state index in [9.17, 15) is 8.42 Å². The van der Waals surface area contributed by atoms with Gasteiger partial charge in [0.2, 0.25) is 10.0 Å². The normalized spacial score (nSPS) is 20.2. The van der Waals surface area contributed by atoms with E-state index >= 15 is 0 Å². The number of thioether (sulfide) groups is 1. The van der Waals surface area contributed by atoms with Crippen molar-refractivity contribution in [3.05, 3.63) is 28.2 Å². The van der Waals surface area contributed by atoms with Gasteiger partial charge in [-0.15, -0.1) is 0 Å². The summed E-state index contributed by atoms with van der Waals surface area (Å²) in [5, 5.41) is 9.07. The molecule has 1 fully saturated rings. The van der Waals surface area contributed by atoms with Gasteiger partial charge in [-0.25, -0.2) is 13.1 Å². The molecule has 0 aliphatic carbocycles. The predicted molar refractivity (Wildman–Crippen MR) is 76.1 cm³/mol. The zero-order chi connectivity index (χ0) is 13.2. The van der Waals surface area contributed by atoms with Crippen LogP contribution in [0.25, 0.3) is 0 Å². The van der Waals surface area contributed by atoms with Crippen molar-refractivity contribution in [1.29, 1.82) is 0 Å². The summed E-state index contributed by atoms with van der Waals surface area (Å²) in [6, 6.07) is 4.83. The van der Waals surface area contributed by atoms with Crippen LogP contribution in [-0.4, -0.2) is 31.1 Å². The van der Waals surface area contributed by atoms with Gasteiger partial charge in [-0.3, -0.25) is 0 Å². The Hall–Kier alpha value is -0.0800. The quantitative estimate of drug-likeness (QED) is 0.866. The smallest absolute Gasteiger partial charge is 0.241 e. The van der Waals surface area contributed by atoms with E-state index in [1.54, 1.807) is 23.9 Å². The lowest BCUT2D eigenvalue weighted by Crippen LogP contribution is -2.34. The zero-order valence-electron chi connectivity index (χ0n) is 9.60. The van der Waals surface area contributed by atoms with Gasteiger partial charge < -0.3 is 5.11 Å². The molecule has 1 heterocycles. The van der Waals surface area contributed by atoms with Gasteiger partial charge in [0, 0.05) is 16.3 Å². The van der Waals surface area contributed by atoms with E-state index in [1.165, 1.54) is 6.07 Å². The molecule has 100 valence electrons. The Morgan fingerprint density at radius 1 is 1.50 bits per heavy atom. The van der Waals surface area contributed by atoms with Crippen molar-refractivity contribution < 1.29 is 13.5 Å². The van der Waals surface area contributed by atoms with E-state index in [0.29, 0.717) is 10.0 Å². The number of benzene rings is 1. The predicted octanol–water partition coefficient (Wildman–Crippen LogP) is 1.73. The minimum atomic E-state index is -3.53. The molecule has 1 aliphatic rings. The minimum absolute atomic E-state index is 0.00434. The molecule has 0 saturated carbocycles. The Bertz CT molecular complexity index is 527. The van der Waals surface area contributed by atoms with Crippen LogP contribution in [0.2, 0.25) is 0 Å². The molecule has 0 amide bonds. The van der Waals surface area contributed by atoms with Gasteiger partial charge >= 0.3 is 0 Å². The van der Waals surface area contributed by atoms with Crippen LogP contribution in [0.3, 0.4) is 0 Å². The van der Waals surface area contributed by atoms with Crippen LogP contribution in [0.4, 0.5) is 0 Å². The number of aliphatic hydroxyl groups is 1. The molecule has 2 N–H and O–H groups in total. The summed E-state index contributed by atoms with van der Waals surface area (Å²) in [4.78, 5) is 0.186. The minimum Gasteiger partial charge on any atom is -0.392 e. The fourth-order valence-corrected chi connectivity index (χ4v) is 5.30. The lowest BCUT2D eigenvalue weighted by atomic mass is 10.2. The van der Waals surface area contributed by atoms with E-state index in [0.717, 1.165) is 17.9 Å². The first-order valence-electron chi connectivity index (χ1n) is 5.52. The molecule has 1 aromatic carbocycles. The third-order valence-electron chi connectivity index (χ3n) is 2.72. The van der Waals surface area contributed by atoms with Crippen molar-refractivity contribution >= 4 is 37.7 Å². The third-order valence-corrected chi connectivity index (χ3v) is 6.40. The second-order valence-corrected chi connectivity index (χ2v) is 7.79. The van der Waals surface area contributed by atoms with E-state index in [2.05, 4.69) is 20.7 Å². The first kappa shape index (κ1) is 14.3. The van der Waals surface area contributed by atoms with Gasteiger partial charge in [-0.2, -0.15) is 11.8 Å². The highest BCUT2D eigenvalue weighted by molar-refractivity contribution is 9.10. The van der Waals surface area contributed by atoms with Crippen molar-refractivity contribution in [3.8, 4) is 0 Å². The van der Waals surface area contributed by atoms with Gasteiger partial charge in [-0.1, -0.05) is 6.07 Å². The van der Waals surface area contributed by atoms with Crippen LogP contribution in [0, 0.1) is 0 Å². The van der Waals surface area contributed by atoms with Gasteiger partial charge in [0.1, 0.15) is 0 Å². The number of halogens is 1. The molecule has 1 saturated heterocycles. The summed E-state index contributed by atoms with van der Waals surface area (Å²) in [5.74, 6) is 1.81. The average molecular weight is 352 g/mol. The van der Waals surface area contributed by atoms with Crippen LogP contribution < -0.4 is 4.72 Å². The SMILES string of the molecule is O=S(=O)(NC1CCSC1)c1cc(CO)ccc1Br. The molecular weight excluding hydrogens is 338 g/mol. The van der Waals surface area contributed by atoms with Gasteiger partial charge in [-0.05, 0) is 45.8 Å². The first-order valence-corrected chi connectivity index (χ1v) is 8.95. The van der Waals surface area contributed by atoms with Crippen LogP contribution in [-0.2, 0) is 16.6 Å². The summed E-state index contributed by atoms with van der Waals surface area (Å²) in [7, 11) is -3.53. The van der Waals surface area contributed by atoms with Crippen molar-refractivity contribution in [3.63, 3.8) is 0 Å². The Morgan fingerprint density at radius 2 is 2.28 bits per heavy atom. The fraction of sp³-hybridized carbons (Fsp3) is 0.455. The number of sulfonamides is 1. The van der Waals surface area contributed by atoms with E-state index in [-0.39, 0.29) is 17.5 Å². The highest BCUT2D eigenvalue weighted by Crippen LogP contribution is 2.25.